The van der Waals surface area contributed by atoms with Gasteiger partial charge in [-0.05, 0) is 0 Å². The molecule has 0 unspecified atom stereocenters. The Morgan fingerprint density at radius 3 is 1.25 bits per heavy atom. The molecule has 0 aromatic heterocycles. The molecule has 0 rings (SSSR count). The van der Waals surface area contributed by atoms with Crippen LogP contribution in [0.1, 0.15) is 0 Å². The molecule has 0 radical (unpaired) electrons. The first-order chi connectivity index (χ1) is 1.00. The summed E-state index contributed by atoms with van der Waals surface area (Å²) in [6, 6.07) is 0. The third kappa shape index (κ3) is 9.08. The van der Waals surface area contributed by atoms with E-state index in [1.165, 1.54) is 0 Å². The first-order valence-electron chi connectivity index (χ1n) is 0.204. The summed E-state index contributed by atoms with van der Waals surface area (Å²) < 4.78 is 8.39. The van der Waals surface area contributed by atoms with Crippen LogP contribution in [0.3, 0.4) is 0 Å². The topological polar surface area (TPSA) is 47.1 Å². The molecule has 4 heavy (non-hydrogen) atoms. The van der Waals surface area contributed by atoms with E-state index in [0.29, 0.717) is 0 Å². The van der Waals surface area contributed by atoms with Gasteiger partial charge in [-0.25, -0.2) is 0 Å². The average Bonchev–Trinajstić information content (AvgIpc) is 1.00. The third-order valence-corrected chi connectivity index (χ3v) is 0. The van der Waals surface area contributed by atoms with Gasteiger partial charge in [0, 0.05) is 0 Å². The van der Waals surface area contributed by atoms with Gasteiger partial charge >= 0.3 is 63.8 Å². The van der Waals surface area contributed by atoms with E-state index in [4.69, 9.17) is 0.938 Å². The molecule has 0 aromatic carbocycles. The predicted octanol–water partition coefficient (Wildman–Crippen LogP) is -0.944. The average molecular weight is 198 g/mol. The maximum atomic E-state index is 8.39. The normalized spacial score (nSPS) is 0.750. The van der Waals surface area contributed by atoms with Crippen LogP contribution in [0.4, 0.5) is 0 Å². The fourth-order valence-corrected chi connectivity index (χ4v) is 0. The second-order valence-corrected chi connectivity index (χ2v) is 0. The fourth-order valence-electron chi connectivity index (χ4n) is 0. The second kappa shape index (κ2) is 20.6. The molecule has 0 heterocycles. The quantitative estimate of drug-likeness (QED) is 0.472. The van der Waals surface area contributed by atoms with E-state index < -0.39 is 0 Å². The summed E-state index contributed by atoms with van der Waals surface area (Å²) in [6.45, 7) is 0. The van der Waals surface area contributed by atoms with Gasteiger partial charge in [0.2, 0.25) is 0 Å². The van der Waals surface area contributed by atoms with Crippen molar-refractivity contribution in [3.05, 3.63) is 0 Å². The van der Waals surface area contributed by atoms with E-state index >= 15 is 0 Å². The van der Waals surface area contributed by atoms with Gasteiger partial charge < -0.3 is 5.48 Å². The Balaban J connectivity index is -0.00000000500. The van der Waals surface area contributed by atoms with Crippen molar-refractivity contribution >= 4 is 23.1 Å². The molecule has 0 aliphatic heterocycles. The third-order valence-electron chi connectivity index (χ3n) is 0. The van der Waals surface area contributed by atoms with Crippen molar-refractivity contribution in [2.24, 2.45) is 0 Å². The Kier molecular flexibility index (Phi) is 86.8. The minimum atomic E-state index is 0. The van der Waals surface area contributed by atoms with Gasteiger partial charge in [-0.1, -0.05) is 0 Å². The Hall–Kier alpha value is 1.90. The molecule has 0 aromatic rings. The van der Waals surface area contributed by atoms with Crippen molar-refractivity contribution in [3.8, 4) is 0 Å². The van der Waals surface area contributed by atoms with E-state index in [0.717, 1.165) is 0 Å². The first-order valence-corrected chi connectivity index (χ1v) is 1.49. The van der Waals surface area contributed by atoms with Gasteiger partial charge in [-0.3, -0.25) is 0 Å². The summed E-state index contributed by atoms with van der Waals surface area (Å²) >= 11 is 0.0556. The van der Waals surface area contributed by atoms with Crippen molar-refractivity contribution in [2.45, 2.75) is 0 Å². The van der Waals surface area contributed by atoms with Crippen LogP contribution in [-0.2, 0) is 0.938 Å². The predicted molar refractivity (Wildman–Crippen MR) is 9.77 cm³/mol. The zero-order valence-electron chi connectivity index (χ0n) is 2.36. The molecular formula is H2CeMgO2. The monoisotopic (exact) mass is 198 g/mol. The van der Waals surface area contributed by atoms with Gasteiger partial charge in [0.15, 0.2) is 0 Å². The first kappa shape index (κ1) is 16.8. The van der Waals surface area contributed by atoms with Gasteiger partial charge in [0.25, 0.3) is 0 Å². The second-order valence-electron chi connectivity index (χ2n) is 0. The Bertz CT molecular complexity index is 6.00. The van der Waals surface area contributed by atoms with E-state index in [1.807, 2.05) is 0 Å². The van der Waals surface area contributed by atoms with Crippen LogP contribution < -0.4 is 0 Å². The van der Waals surface area contributed by atoms with Crippen LogP contribution in [0, 0.1) is 39.8 Å². The molecule has 0 aliphatic carbocycles. The molecule has 4 heteroatoms. The Morgan fingerprint density at radius 2 is 1.25 bits per heavy atom. The zero-order chi connectivity index (χ0) is 2.00. The molecule has 0 spiro atoms. The van der Waals surface area contributed by atoms with E-state index in [9.17, 15) is 0 Å². The van der Waals surface area contributed by atoms with Crippen molar-refractivity contribution in [3.63, 3.8) is 0 Å². The molecule has 20 valence electrons. The molecule has 0 saturated carbocycles. The summed E-state index contributed by atoms with van der Waals surface area (Å²) in [4.78, 5) is 0. The van der Waals surface area contributed by atoms with Crippen molar-refractivity contribution < 1.29 is 46.2 Å². The SMILES string of the molecule is [MgH+].[OH-].[O]=[Ce]. The number of rotatable bonds is 0. The standard InChI is InChI=1S/Ce.Mg.H2O.O.H/h;;1H2;;/q;+1;;;/p-1. The Labute approximate surface area is 68.0 Å². The van der Waals surface area contributed by atoms with Crippen LogP contribution in [0.5, 0.6) is 0 Å². The Morgan fingerprint density at radius 1 is 1.25 bits per heavy atom. The molecule has 0 amide bonds. The molecule has 0 atom stereocenters. The summed E-state index contributed by atoms with van der Waals surface area (Å²) in [5.74, 6) is 0. The molecule has 0 saturated heterocycles. The molecule has 0 fully saturated rings. The van der Waals surface area contributed by atoms with E-state index in [1.54, 1.807) is 0 Å². The van der Waals surface area contributed by atoms with Crippen LogP contribution in [0.2, 0.25) is 0 Å². The summed E-state index contributed by atoms with van der Waals surface area (Å²) in [7, 11) is 0. The van der Waals surface area contributed by atoms with Crippen LogP contribution in [0.25, 0.3) is 0 Å². The minimum absolute atomic E-state index is 0. The summed E-state index contributed by atoms with van der Waals surface area (Å²) in [5, 5.41) is 0. The maximum absolute atomic E-state index is 8.39. The van der Waals surface area contributed by atoms with Gasteiger partial charge in [0.05, 0.1) is 0 Å². The molecule has 0 aliphatic rings. The molecule has 0 bridgehead atoms. The fraction of sp³-hybridized carbons (Fsp3) is 0. The van der Waals surface area contributed by atoms with Crippen LogP contribution in [0.15, 0.2) is 0 Å². The van der Waals surface area contributed by atoms with Crippen molar-refractivity contribution in [2.75, 3.05) is 0 Å². The van der Waals surface area contributed by atoms with Gasteiger partial charge in [-0.2, -0.15) is 0 Å². The summed E-state index contributed by atoms with van der Waals surface area (Å²) in [6.07, 6.45) is 0. The van der Waals surface area contributed by atoms with E-state index in [-0.39, 0.29) is 68.3 Å². The number of hydrogen-bond donors (Lipinski definition) is 0. The van der Waals surface area contributed by atoms with Crippen molar-refractivity contribution in [1.82, 2.24) is 0 Å². The van der Waals surface area contributed by atoms with Crippen LogP contribution >= 0.6 is 0 Å². The van der Waals surface area contributed by atoms with E-state index in [2.05, 4.69) is 0 Å². The number of hydrogen-bond acceptors (Lipinski definition) is 2. The molecule has 1 N–H and O–H groups in total. The zero-order valence-corrected chi connectivity index (χ0v) is 7.50. The van der Waals surface area contributed by atoms with Crippen LogP contribution in [-0.4, -0.2) is 28.5 Å². The molecule has 2 nitrogen and oxygen atoms in total. The molecular weight excluding hydrogens is 196 g/mol. The van der Waals surface area contributed by atoms with Crippen molar-refractivity contribution in [1.29, 1.82) is 0 Å². The van der Waals surface area contributed by atoms with Gasteiger partial charge in [-0.15, -0.1) is 0 Å². The van der Waals surface area contributed by atoms with Gasteiger partial charge in [0.1, 0.15) is 0 Å². The summed E-state index contributed by atoms with van der Waals surface area (Å²) in [5.41, 5.74) is 0.